The van der Waals surface area contributed by atoms with Crippen molar-refractivity contribution in [3.05, 3.63) is 34.9 Å². The number of aromatic nitrogens is 1. The molecule has 0 radical (unpaired) electrons. The molecule has 2 heteroatoms. The smallest absolute Gasteiger partial charge is 0.130 e. The van der Waals surface area contributed by atoms with E-state index >= 15 is 0 Å². The van der Waals surface area contributed by atoms with E-state index in [1.807, 2.05) is 7.05 Å². The van der Waals surface area contributed by atoms with Gasteiger partial charge in [0, 0.05) is 18.0 Å². The van der Waals surface area contributed by atoms with Crippen molar-refractivity contribution in [3.63, 3.8) is 0 Å². The Hall–Kier alpha value is -1.57. The molecular weight excluding hydrogens is 220 g/mol. The second kappa shape index (κ2) is 4.27. The van der Waals surface area contributed by atoms with E-state index < -0.39 is 0 Å². The van der Waals surface area contributed by atoms with E-state index in [-0.39, 0.29) is 5.41 Å². The number of nitrogens with one attached hydrogen (secondary N) is 1. The molecule has 1 aromatic heterocycles. The Kier molecular flexibility index (Phi) is 3.05. The number of pyridine rings is 1. The van der Waals surface area contributed by atoms with Crippen molar-refractivity contribution >= 4 is 16.7 Å². The number of fused-ring (bicyclic) bond motifs is 1. The molecule has 0 unspecified atom stereocenters. The van der Waals surface area contributed by atoms with Crippen LogP contribution < -0.4 is 5.32 Å². The molecular formula is C16H22N2. The fourth-order valence-corrected chi connectivity index (χ4v) is 2.25. The first-order valence-corrected chi connectivity index (χ1v) is 6.44. The van der Waals surface area contributed by atoms with Crippen molar-refractivity contribution in [2.24, 2.45) is 0 Å². The van der Waals surface area contributed by atoms with Gasteiger partial charge < -0.3 is 5.32 Å². The monoisotopic (exact) mass is 242 g/mol. The highest BCUT2D eigenvalue weighted by atomic mass is 15.0. The molecule has 1 heterocycles. The van der Waals surface area contributed by atoms with Gasteiger partial charge in [0.2, 0.25) is 0 Å². The van der Waals surface area contributed by atoms with E-state index in [1.165, 1.54) is 22.1 Å². The van der Waals surface area contributed by atoms with Crippen LogP contribution in [0.3, 0.4) is 0 Å². The van der Waals surface area contributed by atoms with Gasteiger partial charge in [-0.25, -0.2) is 4.98 Å². The number of rotatable bonds is 1. The average Bonchev–Trinajstić information content (AvgIpc) is 2.31. The van der Waals surface area contributed by atoms with Crippen molar-refractivity contribution in [2.45, 2.75) is 40.0 Å². The molecule has 2 aromatic rings. The Morgan fingerprint density at radius 1 is 1.11 bits per heavy atom. The maximum atomic E-state index is 4.81. The molecule has 0 aliphatic carbocycles. The van der Waals surface area contributed by atoms with Crippen LogP contribution >= 0.6 is 0 Å². The first-order chi connectivity index (χ1) is 8.34. The Morgan fingerprint density at radius 3 is 2.33 bits per heavy atom. The molecule has 0 aliphatic heterocycles. The van der Waals surface area contributed by atoms with Gasteiger partial charge in [-0.05, 0) is 36.5 Å². The van der Waals surface area contributed by atoms with Gasteiger partial charge >= 0.3 is 0 Å². The third-order valence-corrected chi connectivity index (χ3v) is 3.56. The molecule has 0 amide bonds. The maximum absolute atomic E-state index is 4.81. The lowest BCUT2D eigenvalue weighted by Crippen LogP contribution is -2.15. The highest BCUT2D eigenvalue weighted by Crippen LogP contribution is 2.32. The summed E-state index contributed by atoms with van der Waals surface area (Å²) in [7, 11) is 1.94. The lowest BCUT2D eigenvalue weighted by molar-refractivity contribution is 0.591. The molecule has 0 bridgehead atoms. The van der Waals surface area contributed by atoms with Crippen LogP contribution in [0.25, 0.3) is 10.9 Å². The van der Waals surface area contributed by atoms with Crippen LogP contribution in [-0.4, -0.2) is 12.0 Å². The van der Waals surface area contributed by atoms with Gasteiger partial charge in [-0.15, -0.1) is 0 Å². The van der Waals surface area contributed by atoms with Crippen LogP contribution in [0.4, 0.5) is 5.82 Å². The molecule has 1 N–H and O–H groups in total. The van der Waals surface area contributed by atoms with Crippen molar-refractivity contribution in [1.29, 1.82) is 0 Å². The summed E-state index contributed by atoms with van der Waals surface area (Å²) >= 11 is 0. The summed E-state index contributed by atoms with van der Waals surface area (Å²) in [6.45, 7) is 10.9. The molecule has 0 fully saturated rings. The van der Waals surface area contributed by atoms with E-state index in [4.69, 9.17) is 4.98 Å². The summed E-state index contributed by atoms with van der Waals surface area (Å²) < 4.78 is 0. The van der Waals surface area contributed by atoms with E-state index in [0.29, 0.717) is 0 Å². The number of anilines is 1. The van der Waals surface area contributed by atoms with Gasteiger partial charge in [0.1, 0.15) is 5.82 Å². The summed E-state index contributed by atoms with van der Waals surface area (Å²) in [5.41, 5.74) is 5.02. The van der Waals surface area contributed by atoms with Crippen LogP contribution in [0.15, 0.2) is 18.2 Å². The van der Waals surface area contributed by atoms with Gasteiger partial charge in [0.25, 0.3) is 0 Å². The summed E-state index contributed by atoms with van der Waals surface area (Å²) in [4.78, 5) is 4.81. The van der Waals surface area contributed by atoms with Crippen LogP contribution in [-0.2, 0) is 5.41 Å². The highest BCUT2D eigenvalue weighted by molar-refractivity contribution is 5.85. The minimum Gasteiger partial charge on any atom is -0.373 e. The third kappa shape index (κ3) is 2.07. The highest BCUT2D eigenvalue weighted by Gasteiger charge is 2.20. The number of nitrogens with zero attached hydrogens (tertiary/aromatic N) is 1. The van der Waals surface area contributed by atoms with Crippen molar-refractivity contribution in [3.8, 4) is 0 Å². The van der Waals surface area contributed by atoms with E-state index in [1.54, 1.807) is 0 Å². The minimum atomic E-state index is 0.0956. The van der Waals surface area contributed by atoms with Gasteiger partial charge in [-0.3, -0.25) is 0 Å². The molecule has 0 saturated heterocycles. The van der Waals surface area contributed by atoms with Crippen LogP contribution in [0.5, 0.6) is 0 Å². The second-order valence-corrected chi connectivity index (χ2v) is 5.96. The van der Waals surface area contributed by atoms with E-state index in [9.17, 15) is 0 Å². The first-order valence-electron chi connectivity index (χ1n) is 6.44. The van der Waals surface area contributed by atoms with Crippen molar-refractivity contribution in [1.82, 2.24) is 4.98 Å². The fourth-order valence-electron chi connectivity index (χ4n) is 2.25. The van der Waals surface area contributed by atoms with E-state index in [2.05, 4.69) is 58.1 Å². The van der Waals surface area contributed by atoms with Gasteiger partial charge in [0.15, 0.2) is 0 Å². The van der Waals surface area contributed by atoms with Crippen molar-refractivity contribution < 1.29 is 0 Å². The summed E-state index contributed by atoms with van der Waals surface area (Å²) in [5, 5.41) is 4.45. The Balaban J connectivity index is 2.81. The van der Waals surface area contributed by atoms with Gasteiger partial charge in [-0.1, -0.05) is 32.9 Å². The summed E-state index contributed by atoms with van der Waals surface area (Å²) in [6, 6.07) is 6.60. The van der Waals surface area contributed by atoms with Crippen LogP contribution in [0.2, 0.25) is 0 Å². The number of benzene rings is 1. The zero-order valence-electron chi connectivity index (χ0n) is 12.2. The number of hydrogen-bond donors (Lipinski definition) is 1. The van der Waals surface area contributed by atoms with E-state index in [0.717, 1.165) is 11.3 Å². The molecule has 0 spiro atoms. The largest absolute Gasteiger partial charge is 0.373 e. The predicted molar refractivity (Wildman–Crippen MR) is 79.5 cm³/mol. The molecule has 1 aromatic carbocycles. The zero-order chi connectivity index (χ0) is 13.5. The average molecular weight is 242 g/mol. The van der Waals surface area contributed by atoms with Crippen molar-refractivity contribution in [2.75, 3.05) is 12.4 Å². The Labute approximate surface area is 109 Å². The minimum absolute atomic E-state index is 0.0956. The predicted octanol–water partition coefficient (Wildman–Crippen LogP) is 4.19. The number of aryl methyl sites for hydroxylation is 2. The summed E-state index contributed by atoms with van der Waals surface area (Å²) in [5.74, 6) is 0.990. The summed E-state index contributed by atoms with van der Waals surface area (Å²) in [6.07, 6.45) is 0. The lowest BCUT2D eigenvalue weighted by atomic mass is 9.86. The molecule has 18 heavy (non-hydrogen) atoms. The maximum Gasteiger partial charge on any atom is 0.130 e. The molecule has 2 nitrogen and oxygen atoms in total. The topological polar surface area (TPSA) is 24.9 Å². The second-order valence-electron chi connectivity index (χ2n) is 5.96. The Morgan fingerprint density at radius 2 is 1.78 bits per heavy atom. The normalized spacial score (nSPS) is 11.9. The third-order valence-electron chi connectivity index (χ3n) is 3.56. The molecule has 0 atom stereocenters. The standard InChI is InChI=1S/C16H22N2/c1-10-7-8-12-9-13(16(3,4)5)15(17-6)18-14(12)11(10)2/h7-9H,1-6H3,(H,17,18). The van der Waals surface area contributed by atoms with Gasteiger partial charge in [-0.2, -0.15) is 0 Å². The number of hydrogen-bond acceptors (Lipinski definition) is 2. The quantitative estimate of drug-likeness (QED) is 0.811. The SMILES string of the molecule is CNc1nc2c(C)c(C)ccc2cc1C(C)(C)C. The Bertz CT molecular complexity index is 592. The molecule has 96 valence electrons. The fraction of sp³-hybridized carbons (Fsp3) is 0.438. The van der Waals surface area contributed by atoms with Crippen LogP contribution in [0.1, 0.15) is 37.5 Å². The molecule has 0 saturated carbocycles. The van der Waals surface area contributed by atoms with Crippen LogP contribution in [0, 0.1) is 13.8 Å². The molecule has 0 aliphatic rings. The zero-order valence-corrected chi connectivity index (χ0v) is 12.2. The first kappa shape index (κ1) is 12.9. The molecule has 2 rings (SSSR count). The van der Waals surface area contributed by atoms with Gasteiger partial charge in [0.05, 0.1) is 5.52 Å². The lowest BCUT2D eigenvalue weighted by Gasteiger charge is -2.23.